The van der Waals surface area contributed by atoms with Gasteiger partial charge in [-0.3, -0.25) is 9.69 Å². The molecular weight excluding hydrogens is 606 g/mol. The fourth-order valence-corrected chi connectivity index (χ4v) is 6.13. The van der Waals surface area contributed by atoms with Crippen molar-refractivity contribution >= 4 is 83.7 Å². The molecule has 1 saturated heterocycles. The quantitative estimate of drug-likeness (QED) is 0.205. The lowest BCUT2D eigenvalue weighted by molar-refractivity contribution is -0.122. The minimum absolute atomic E-state index is 0.0862. The molecule has 0 bridgehead atoms. The molecule has 3 aromatic carbocycles. The molecule has 3 nitrogen and oxygen atoms in total. The van der Waals surface area contributed by atoms with Crippen molar-refractivity contribution in [1.29, 1.82) is 0 Å². The van der Waals surface area contributed by atoms with Gasteiger partial charge in [0, 0.05) is 10.6 Å². The standard InChI is InChI=1S/C25H18Br2ClNO2S2/c1-15-6-8-16(9-7-15)13-29-24(30)22(33-25(29)32)12-17-10-19(26)23(20(27)11-17)31-14-18-4-2-3-5-21(18)28/h2-12H,13-14H2,1H3/b22-12-. The summed E-state index contributed by atoms with van der Waals surface area (Å²) in [4.78, 5) is 15.2. The Bertz CT molecular complexity index is 1240. The van der Waals surface area contributed by atoms with Gasteiger partial charge in [0.05, 0.1) is 20.4 Å². The average molecular weight is 624 g/mol. The molecule has 0 saturated carbocycles. The molecule has 1 aliphatic rings. The van der Waals surface area contributed by atoms with Crippen LogP contribution in [0.2, 0.25) is 5.02 Å². The lowest BCUT2D eigenvalue weighted by atomic mass is 10.1. The van der Waals surface area contributed by atoms with E-state index in [9.17, 15) is 4.79 Å². The number of aryl methyl sites for hydroxylation is 1. The SMILES string of the molecule is Cc1ccc(CN2C(=O)/C(=C/c3cc(Br)c(OCc4ccccc4Cl)c(Br)c3)SC2=S)cc1. The molecule has 4 rings (SSSR count). The number of nitrogens with zero attached hydrogens (tertiary/aromatic N) is 1. The van der Waals surface area contributed by atoms with Gasteiger partial charge in [0.25, 0.3) is 5.91 Å². The molecule has 0 aliphatic carbocycles. The summed E-state index contributed by atoms with van der Waals surface area (Å²) in [5.41, 5.74) is 3.98. The summed E-state index contributed by atoms with van der Waals surface area (Å²) < 4.78 is 8.09. The second-order valence-electron chi connectivity index (χ2n) is 7.45. The summed E-state index contributed by atoms with van der Waals surface area (Å²) in [6.07, 6.45) is 1.85. The lowest BCUT2D eigenvalue weighted by Gasteiger charge is -2.14. The van der Waals surface area contributed by atoms with E-state index in [1.807, 2.05) is 73.7 Å². The Hall–Kier alpha value is -1.64. The molecule has 1 amide bonds. The highest BCUT2D eigenvalue weighted by Gasteiger charge is 2.32. The van der Waals surface area contributed by atoms with Crippen LogP contribution in [0.1, 0.15) is 22.3 Å². The third kappa shape index (κ3) is 5.89. The highest BCUT2D eigenvalue weighted by atomic mass is 79.9. The zero-order chi connectivity index (χ0) is 23.5. The van der Waals surface area contributed by atoms with Crippen LogP contribution < -0.4 is 4.74 Å². The van der Waals surface area contributed by atoms with Gasteiger partial charge in [-0.05, 0) is 74.2 Å². The molecule has 0 unspecified atom stereocenters. The van der Waals surface area contributed by atoms with Crippen LogP contribution in [-0.2, 0) is 17.9 Å². The highest BCUT2D eigenvalue weighted by Crippen LogP contribution is 2.38. The number of amides is 1. The van der Waals surface area contributed by atoms with E-state index in [1.165, 1.54) is 17.3 Å². The van der Waals surface area contributed by atoms with E-state index < -0.39 is 0 Å². The van der Waals surface area contributed by atoms with Gasteiger partial charge in [-0.2, -0.15) is 0 Å². The Balaban J connectivity index is 1.50. The van der Waals surface area contributed by atoms with Crippen LogP contribution in [0.15, 0.2) is 74.5 Å². The number of thiocarbonyl (C=S) groups is 1. The molecule has 1 heterocycles. The van der Waals surface area contributed by atoms with Crippen molar-refractivity contribution in [3.8, 4) is 5.75 Å². The lowest BCUT2D eigenvalue weighted by Crippen LogP contribution is -2.27. The van der Waals surface area contributed by atoms with E-state index in [1.54, 1.807) is 4.90 Å². The van der Waals surface area contributed by atoms with E-state index >= 15 is 0 Å². The van der Waals surface area contributed by atoms with Crippen molar-refractivity contribution in [3.05, 3.63) is 102 Å². The first kappa shape index (κ1) is 24.5. The number of hydrogen-bond acceptors (Lipinski definition) is 4. The number of ether oxygens (including phenoxy) is 1. The topological polar surface area (TPSA) is 29.5 Å². The van der Waals surface area contributed by atoms with E-state index in [4.69, 9.17) is 28.6 Å². The number of benzene rings is 3. The maximum Gasteiger partial charge on any atom is 0.266 e. The molecular formula is C25H18Br2ClNO2S2. The van der Waals surface area contributed by atoms with Crippen LogP contribution >= 0.6 is 67.4 Å². The van der Waals surface area contributed by atoms with Gasteiger partial charge >= 0.3 is 0 Å². The molecule has 0 atom stereocenters. The van der Waals surface area contributed by atoms with E-state index in [0.29, 0.717) is 33.1 Å². The summed E-state index contributed by atoms with van der Waals surface area (Å²) in [6, 6.07) is 19.5. The first-order valence-electron chi connectivity index (χ1n) is 9.98. The van der Waals surface area contributed by atoms with E-state index in [2.05, 4.69) is 31.9 Å². The minimum atomic E-state index is -0.0862. The van der Waals surface area contributed by atoms with Crippen molar-refractivity contribution in [2.75, 3.05) is 0 Å². The summed E-state index contributed by atoms with van der Waals surface area (Å²) >= 11 is 20.2. The third-order valence-electron chi connectivity index (χ3n) is 4.98. The van der Waals surface area contributed by atoms with E-state index in [-0.39, 0.29) is 5.91 Å². The number of hydrogen-bond donors (Lipinski definition) is 0. The molecule has 3 aromatic rings. The van der Waals surface area contributed by atoms with Gasteiger partial charge in [-0.15, -0.1) is 0 Å². The number of carbonyl (C=O) groups is 1. The van der Waals surface area contributed by atoms with Gasteiger partial charge < -0.3 is 4.74 Å². The smallest absolute Gasteiger partial charge is 0.266 e. The van der Waals surface area contributed by atoms with Gasteiger partial charge in [0.15, 0.2) is 0 Å². The number of rotatable bonds is 6. The Morgan fingerprint density at radius 2 is 1.76 bits per heavy atom. The molecule has 0 aromatic heterocycles. The number of carbonyl (C=O) groups excluding carboxylic acids is 1. The Morgan fingerprint density at radius 1 is 1.09 bits per heavy atom. The van der Waals surface area contributed by atoms with Crippen molar-refractivity contribution in [3.63, 3.8) is 0 Å². The van der Waals surface area contributed by atoms with Crippen molar-refractivity contribution < 1.29 is 9.53 Å². The van der Waals surface area contributed by atoms with Crippen LogP contribution in [-0.4, -0.2) is 15.1 Å². The summed E-state index contributed by atoms with van der Waals surface area (Å²) in [7, 11) is 0. The fraction of sp³-hybridized carbons (Fsp3) is 0.120. The van der Waals surface area contributed by atoms with Gasteiger partial charge in [0.1, 0.15) is 16.7 Å². The normalized spacial score (nSPS) is 14.9. The van der Waals surface area contributed by atoms with Gasteiger partial charge in [0.2, 0.25) is 0 Å². The predicted octanol–water partition coefficient (Wildman–Crippen LogP) is 8.15. The van der Waals surface area contributed by atoms with Crippen molar-refractivity contribution in [2.45, 2.75) is 20.1 Å². The van der Waals surface area contributed by atoms with Gasteiger partial charge in [-0.25, -0.2) is 0 Å². The van der Waals surface area contributed by atoms with Gasteiger partial charge in [-0.1, -0.05) is 83.6 Å². The Morgan fingerprint density at radius 3 is 2.42 bits per heavy atom. The van der Waals surface area contributed by atoms with Crippen molar-refractivity contribution in [2.24, 2.45) is 0 Å². The Labute approximate surface area is 224 Å². The molecule has 33 heavy (non-hydrogen) atoms. The van der Waals surface area contributed by atoms with Crippen LogP contribution in [0.25, 0.3) is 6.08 Å². The third-order valence-corrected chi connectivity index (χ3v) is 7.91. The average Bonchev–Trinajstić information content (AvgIpc) is 3.03. The minimum Gasteiger partial charge on any atom is -0.486 e. The molecule has 1 aliphatic heterocycles. The maximum atomic E-state index is 13.0. The predicted molar refractivity (Wildman–Crippen MR) is 148 cm³/mol. The summed E-state index contributed by atoms with van der Waals surface area (Å²) in [6.45, 7) is 2.84. The molecule has 0 spiro atoms. The zero-order valence-electron chi connectivity index (χ0n) is 17.5. The zero-order valence-corrected chi connectivity index (χ0v) is 23.0. The van der Waals surface area contributed by atoms with Crippen LogP contribution in [0.4, 0.5) is 0 Å². The summed E-state index contributed by atoms with van der Waals surface area (Å²) in [5, 5.41) is 0.661. The largest absolute Gasteiger partial charge is 0.486 e. The van der Waals surface area contributed by atoms with Crippen LogP contribution in [0.5, 0.6) is 5.75 Å². The first-order valence-corrected chi connectivity index (χ1v) is 13.2. The maximum absolute atomic E-state index is 13.0. The molecule has 0 N–H and O–H groups in total. The number of halogens is 3. The van der Waals surface area contributed by atoms with Crippen molar-refractivity contribution in [1.82, 2.24) is 4.90 Å². The molecule has 0 radical (unpaired) electrons. The van der Waals surface area contributed by atoms with Crippen LogP contribution in [0, 0.1) is 6.92 Å². The number of thioether (sulfide) groups is 1. The second-order valence-corrected chi connectivity index (χ2v) is 11.2. The fourth-order valence-electron chi connectivity index (χ4n) is 3.23. The molecule has 168 valence electrons. The van der Waals surface area contributed by atoms with E-state index in [0.717, 1.165) is 25.6 Å². The molecule has 1 fully saturated rings. The highest BCUT2D eigenvalue weighted by molar-refractivity contribution is 9.11. The Kier molecular flexibility index (Phi) is 7.97. The van der Waals surface area contributed by atoms with Crippen LogP contribution in [0.3, 0.4) is 0 Å². The summed E-state index contributed by atoms with van der Waals surface area (Å²) in [5.74, 6) is 0.579. The second kappa shape index (κ2) is 10.7. The monoisotopic (exact) mass is 621 g/mol. The molecule has 8 heteroatoms. The first-order chi connectivity index (χ1) is 15.8.